The normalized spacial score (nSPS) is 14.1. The summed E-state index contributed by atoms with van der Waals surface area (Å²) in [6, 6.07) is 0. The summed E-state index contributed by atoms with van der Waals surface area (Å²) in [5.41, 5.74) is 0. The van der Waals surface area contributed by atoms with Crippen molar-refractivity contribution in [2.24, 2.45) is 0 Å². The molecular formula is C58H99O11P. The van der Waals surface area contributed by atoms with Crippen molar-refractivity contribution in [2.45, 2.75) is 238 Å². The summed E-state index contributed by atoms with van der Waals surface area (Å²) in [6.45, 7) is 4.35. The Morgan fingerprint density at radius 1 is 0.414 bits per heavy atom. The molecule has 0 bridgehead atoms. The topological polar surface area (TPSA) is 155 Å². The first-order valence-corrected chi connectivity index (χ1v) is 29.0. The summed E-state index contributed by atoms with van der Waals surface area (Å²) in [5.74, 6) is -1.51. The molecule has 2 N–H and O–H groups in total. The summed E-state index contributed by atoms with van der Waals surface area (Å²) in [7, 11) is -4.75. The Morgan fingerprint density at radius 2 is 0.743 bits per heavy atom. The summed E-state index contributed by atoms with van der Waals surface area (Å²) < 4.78 is 39.4. The van der Waals surface area contributed by atoms with Crippen molar-refractivity contribution in [3.05, 3.63) is 85.1 Å². The van der Waals surface area contributed by atoms with Crippen LogP contribution in [-0.4, -0.2) is 66.5 Å². The van der Waals surface area contributed by atoms with Crippen LogP contribution in [0.4, 0.5) is 0 Å². The fourth-order valence-electron chi connectivity index (χ4n) is 7.18. The maximum Gasteiger partial charge on any atom is 0.472 e. The third-order valence-corrected chi connectivity index (χ3v) is 12.3. The molecule has 0 aromatic carbocycles. The fourth-order valence-corrected chi connectivity index (χ4v) is 7.97. The van der Waals surface area contributed by atoms with Crippen molar-refractivity contribution in [3.63, 3.8) is 0 Å². The lowest BCUT2D eigenvalue weighted by molar-refractivity contribution is -0.161. The van der Waals surface area contributed by atoms with Crippen molar-refractivity contribution in [1.82, 2.24) is 0 Å². The quantitative estimate of drug-likeness (QED) is 0.0197. The number of aliphatic hydroxyl groups excluding tert-OH is 1. The molecule has 12 heteroatoms. The lowest BCUT2D eigenvalue weighted by Gasteiger charge is -2.21. The van der Waals surface area contributed by atoms with E-state index in [-0.39, 0.29) is 25.9 Å². The number of carbonyl (C=O) groups is 3. The minimum absolute atomic E-state index is 0.148. The molecule has 0 rings (SSSR count). The van der Waals surface area contributed by atoms with E-state index in [9.17, 15) is 28.9 Å². The van der Waals surface area contributed by atoms with Gasteiger partial charge in [0.2, 0.25) is 0 Å². The molecule has 402 valence electrons. The molecule has 70 heavy (non-hydrogen) atoms. The molecule has 0 aliphatic carbocycles. The summed E-state index contributed by atoms with van der Waals surface area (Å²) in [4.78, 5) is 48.4. The standard InChI is InChI=1S/C58H99O11P/c1-4-7-10-13-16-19-21-23-25-27-29-31-33-36-38-41-44-47-56(60)65-51-55(69-58(62)49-46-43-40-37-34-32-30-28-26-24-22-20-17-14-11-8-5-2)53-67-70(63,64)66-52-54(50-59)68-57(61)48-45-42-39-35-18-15-12-9-6-3/h7-8,10-11,16-17,19-20,23-26,29,31,54-55,59H,4-6,9,12-15,18,21-22,27-28,30,32-53H2,1-3H3,(H,63,64)/b10-7-,11-8-,19-16-,20-17-,25-23-,26-24-,31-29-. The van der Waals surface area contributed by atoms with E-state index in [1.165, 1.54) is 38.5 Å². The van der Waals surface area contributed by atoms with Gasteiger partial charge in [-0.2, -0.15) is 0 Å². The number of hydrogen-bond acceptors (Lipinski definition) is 10. The second kappa shape index (κ2) is 52.0. The minimum Gasteiger partial charge on any atom is -0.462 e. The van der Waals surface area contributed by atoms with Gasteiger partial charge in [0, 0.05) is 19.3 Å². The smallest absolute Gasteiger partial charge is 0.462 e. The van der Waals surface area contributed by atoms with E-state index in [0.29, 0.717) is 19.3 Å². The number of phosphoric ester groups is 1. The van der Waals surface area contributed by atoms with Crippen LogP contribution in [0.1, 0.15) is 226 Å². The molecule has 0 aromatic rings. The summed E-state index contributed by atoms with van der Waals surface area (Å²) >= 11 is 0. The van der Waals surface area contributed by atoms with Gasteiger partial charge in [-0.05, 0) is 89.9 Å². The number of ether oxygens (including phenoxy) is 3. The Labute approximate surface area is 426 Å². The zero-order chi connectivity index (χ0) is 51.3. The SMILES string of the molecule is CC/C=C\C/C=C\C/C=C\C/C=C\CCCCCCC(=O)OCC(COP(=O)(O)OCC(CO)OC(=O)CCCCCCCCCCC)OC(=O)CCCCCCCCC/C=C\C/C=C\C/C=C\CC. The van der Waals surface area contributed by atoms with Crippen molar-refractivity contribution >= 4 is 25.7 Å². The summed E-state index contributed by atoms with van der Waals surface area (Å²) in [5, 5.41) is 9.76. The molecule has 0 aromatic heterocycles. The van der Waals surface area contributed by atoms with Gasteiger partial charge in [0.05, 0.1) is 19.8 Å². The molecule has 0 heterocycles. The van der Waals surface area contributed by atoms with Crippen LogP contribution >= 0.6 is 7.82 Å². The highest BCUT2D eigenvalue weighted by molar-refractivity contribution is 7.47. The molecule has 0 radical (unpaired) electrons. The average Bonchev–Trinajstić information content (AvgIpc) is 3.35. The third-order valence-electron chi connectivity index (χ3n) is 11.3. The highest BCUT2D eigenvalue weighted by Crippen LogP contribution is 2.43. The van der Waals surface area contributed by atoms with Gasteiger partial charge in [0.1, 0.15) is 12.7 Å². The van der Waals surface area contributed by atoms with Gasteiger partial charge >= 0.3 is 25.7 Å². The molecule has 0 fully saturated rings. The monoisotopic (exact) mass is 1000 g/mol. The molecule has 0 amide bonds. The number of unbranched alkanes of at least 4 members (excludes halogenated alkanes) is 19. The molecule has 11 nitrogen and oxygen atoms in total. The number of rotatable bonds is 50. The Morgan fingerprint density at radius 3 is 1.14 bits per heavy atom. The Bertz CT molecular complexity index is 1500. The van der Waals surface area contributed by atoms with Crippen LogP contribution in [0, 0.1) is 0 Å². The summed E-state index contributed by atoms with van der Waals surface area (Å²) in [6.07, 6.45) is 58.4. The predicted octanol–water partition coefficient (Wildman–Crippen LogP) is 15.9. The largest absolute Gasteiger partial charge is 0.472 e. The molecule has 0 saturated carbocycles. The predicted molar refractivity (Wildman–Crippen MR) is 288 cm³/mol. The van der Waals surface area contributed by atoms with E-state index >= 15 is 0 Å². The Kier molecular flexibility index (Phi) is 49.5. The van der Waals surface area contributed by atoms with E-state index in [1.54, 1.807) is 0 Å². The molecule has 0 spiro atoms. The second-order valence-electron chi connectivity index (χ2n) is 18.0. The molecule has 0 aliphatic rings. The van der Waals surface area contributed by atoms with Gasteiger partial charge in [-0.1, -0.05) is 202 Å². The van der Waals surface area contributed by atoms with Gasteiger partial charge < -0.3 is 24.2 Å². The van der Waals surface area contributed by atoms with E-state index in [2.05, 4.69) is 106 Å². The molecular weight excluding hydrogens is 904 g/mol. The van der Waals surface area contributed by atoms with E-state index < -0.39 is 57.8 Å². The number of aliphatic hydroxyl groups is 1. The van der Waals surface area contributed by atoms with Gasteiger partial charge in [-0.15, -0.1) is 0 Å². The third kappa shape index (κ3) is 49.6. The lowest BCUT2D eigenvalue weighted by Crippen LogP contribution is -2.30. The second-order valence-corrected chi connectivity index (χ2v) is 19.4. The van der Waals surface area contributed by atoms with Crippen LogP contribution in [0.25, 0.3) is 0 Å². The number of carbonyl (C=O) groups excluding carboxylic acids is 3. The number of allylic oxidation sites excluding steroid dienone is 14. The van der Waals surface area contributed by atoms with E-state index in [4.69, 9.17) is 23.3 Å². The first-order valence-electron chi connectivity index (χ1n) is 27.5. The number of hydrogen-bond donors (Lipinski definition) is 2. The van der Waals surface area contributed by atoms with Crippen molar-refractivity contribution in [1.29, 1.82) is 0 Å². The van der Waals surface area contributed by atoms with Gasteiger partial charge in [-0.3, -0.25) is 23.4 Å². The first kappa shape index (κ1) is 66.7. The fraction of sp³-hybridized carbons (Fsp3) is 0.707. The minimum atomic E-state index is -4.75. The number of phosphoric acid groups is 1. The van der Waals surface area contributed by atoms with E-state index in [0.717, 1.165) is 128 Å². The lowest BCUT2D eigenvalue weighted by atomic mass is 10.1. The highest BCUT2D eigenvalue weighted by atomic mass is 31.2. The Balaban J connectivity index is 4.79. The molecule has 0 saturated heterocycles. The number of esters is 3. The van der Waals surface area contributed by atoms with Crippen LogP contribution in [-0.2, 0) is 42.2 Å². The first-order chi connectivity index (χ1) is 34.2. The van der Waals surface area contributed by atoms with Crippen molar-refractivity contribution in [3.8, 4) is 0 Å². The molecule has 3 unspecified atom stereocenters. The average molecular weight is 1000 g/mol. The zero-order valence-corrected chi connectivity index (χ0v) is 45.1. The van der Waals surface area contributed by atoms with Crippen molar-refractivity contribution in [2.75, 3.05) is 26.4 Å². The van der Waals surface area contributed by atoms with Crippen LogP contribution < -0.4 is 0 Å². The Hall–Kier alpha value is -3.34. The molecule has 3 atom stereocenters. The maximum absolute atomic E-state index is 12.9. The van der Waals surface area contributed by atoms with Crippen LogP contribution in [0.15, 0.2) is 85.1 Å². The van der Waals surface area contributed by atoms with E-state index in [1.807, 2.05) is 0 Å². The van der Waals surface area contributed by atoms with Gasteiger partial charge in [0.15, 0.2) is 6.10 Å². The van der Waals surface area contributed by atoms with Gasteiger partial charge in [-0.25, -0.2) is 4.57 Å². The molecule has 0 aliphatic heterocycles. The maximum atomic E-state index is 12.9. The van der Waals surface area contributed by atoms with Gasteiger partial charge in [0.25, 0.3) is 0 Å². The zero-order valence-electron chi connectivity index (χ0n) is 44.2. The highest BCUT2D eigenvalue weighted by Gasteiger charge is 2.28. The van der Waals surface area contributed by atoms with Crippen LogP contribution in [0.5, 0.6) is 0 Å². The van der Waals surface area contributed by atoms with Crippen LogP contribution in [0.3, 0.4) is 0 Å². The van der Waals surface area contributed by atoms with Crippen molar-refractivity contribution < 1.29 is 52.2 Å². The van der Waals surface area contributed by atoms with Crippen LogP contribution in [0.2, 0.25) is 0 Å².